The van der Waals surface area contributed by atoms with E-state index in [2.05, 4.69) is 22.2 Å². The third-order valence-corrected chi connectivity index (χ3v) is 5.00. The van der Waals surface area contributed by atoms with Crippen LogP contribution in [-0.4, -0.2) is 22.5 Å². The second-order valence-corrected chi connectivity index (χ2v) is 6.91. The lowest BCUT2D eigenvalue weighted by Crippen LogP contribution is -2.26. The van der Waals surface area contributed by atoms with E-state index in [9.17, 15) is 4.79 Å². The zero-order chi connectivity index (χ0) is 16.6. The Bertz CT molecular complexity index is 743. The molecule has 0 spiro atoms. The molecule has 1 saturated heterocycles. The van der Waals surface area contributed by atoms with Crippen LogP contribution in [-0.2, 0) is 14.9 Å². The van der Waals surface area contributed by atoms with Crippen molar-refractivity contribution in [1.29, 1.82) is 0 Å². The minimum Gasteiger partial charge on any atom is -0.373 e. The molecule has 2 heterocycles. The summed E-state index contributed by atoms with van der Waals surface area (Å²) in [5, 5.41) is 2.95. The summed E-state index contributed by atoms with van der Waals surface area (Å²) >= 11 is 0. The van der Waals surface area contributed by atoms with E-state index in [1.54, 1.807) is 12.3 Å². The molecule has 1 aliphatic carbocycles. The van der Waals surface area contributed by atoms with Crippen molar-refractivity contribution in [2.24, 2.45) is 5.92 Å². The average Bonchev–Trinajstić information content (AvgIpc) is 3.18. The molecule has 124 valence electrons. The van der Waals surface area contributed by atoms with Gasteiger partial charge >= 0.3 is 0 Å². The predicted octanol–water partition coefficient (Wildman–Crippen LogP) is 3.24. The van der Waals surface area contributed by atoms with Gasteiger partial charge in [0.05, 0.1) is 12.0 Å². The van der Waals surface area contributed by atoms with Crippen LogP contribution in [0.5, 0.6) is 0 Å². The van der Waals surface area contributed by atoms with Gasteiger partial charge in [-0.1, -0.05) is 37.3 Å². The van der Waals surface area contributed by atoms with Crippen LogP contribution < -0.4 is 5.32 Å². The van der Waals surface area contributed by atoms with E-state index in [1.807, 2.05) is 30.3 Å². The van der Waals surface area contributed by atoms with Crippen molar-refractivity contribution < 1.29 is 9.53 Å². The van der Waals surface area contributed by atoms with Crippen molar-refractivity contribution in [1.82, 2.24) is 9.97 Å². The molecule has 1 amide bonds. The summed E-state index contributed by atoms with van der Waals surface area (Å²) in [7, 11) is 0. The van der Waals surface area contributed by atoms with Gasteiger partial charge in [0.2, 0.25) is 5.91 Å². The zero-order valence-electron chi connectivity index (χ0n) is 13.7. The molecule has 5 heteroatoms. The van der Waals surface area contributed by atoms with Gasteiger partial charge in [0.25, 0.3) is 0 Å². The fourth-order valence-electron chi connectivity index (χ4n) is 3.18. The summed E-state index contributed by atoms with van der Waals surface area (Å²) in [6, 6.07) is 11.7. The minimum atomic E-state index is -0.192. The number of carbonyl (C=O) groups is 1. The van der Waals surface area contributed by atoms with Gasteiger partial charge in [-0.2, -0.15) is 0 Å². The summed E-state index contributed by atoms with van der Waals surface area (Å²) in [5.74, 6) is 1.17. The number of aromatic nitrogens is 2. The molecule has 0 radical (unpaired) electrons. The molecule has 2 fully saturated rings. The Balaban J connectivity index is 1.50. The number of ether oxygens (including phenoxy) is 1. The van der Waals surface area contributed by atoms with Gasteiger partial charge in [0.1, 0.15) is 11.6 Å². The van der Waals surface area contributed by atoms with Crippen LogP contribution in [0, 0.1) is 5.92 Å². The topological polar surface area (TPSA) is 64.1 Å². The van der Waals surface area contributed by atoms with Crippen molar-refractivity contribution in [3.8, 4) is 0 Å². The average molecular weight is 323 g/mol. The minimum absolute atomic E-state index is 0.0352. The van der Waals surface area contributed by atoms with Crippen molar-refractivity contribution >= 4 is 11.7 Å². The standard InChI is InChI=1S/C19H21N3O2/c1-19(9-10-19)18-20-11-7-15(22-18)21-17(23)14-8-12-24-16(14)13-5-3-2-4-6-13/h2-7,11,14,16H,8-10,12H2,1H3,(H,20,21,22,23)/t14-,16+/m1/s1. The Kier molecular flexibility index (Phi) is 3.81. The molecule has 24 heavy (non-hydrogen) atoms. The van der Waals surface area contributed by atoms with Crippen LogP contribution in [0.4, 0.5) is 5.82 Å². The van der Waals surface area contributed by atoms with Crippen molar-refractivity contribution in [3.63, 3.8) is 0 Å². The number of carbonyl (C=O) groups excluding carboxylic acids is 1. The van der Waals surface area contributed by atoms with Gasteiger partial charge in [-0.3, -0.25) is 4.79 Å². The van der Waals surface area contributed by atoms with Crippen molar-refractivity contribution in [3.05, 3.63) is 54.0 Å². The highest BCUT2D eigenvalue weighted by Gasteiger charge is 2.42. The summed E-state index contributed by atoms with van der Waals surface area (Å²) in [5.41, 5.74) is 1.13. The van der Waals surface area contributed by atoms with E-state index in [4.69, 9.17) is 4.74 Å². The summed E-state index contributed by atoms with van der Waals surface area (Å²) < 4.78 is 5.80. The van der Waals surface area contributed by atoms with E-state index in [-0.39, 0.29) is 23.3 Å². The molecular weight excluding hydrogens is 302 g/mol. The maximum Gasteiger partial charge on any atom is 0.231 e. The Hall–Kier alpha value is -2.27. The first-order chi connectivity index (χ1) is 11.7. The Morgan fingerprint density at radius 1 is 1.25 bits per heavy atom. The first-order valence-electron chi connectivity index (χ1n) is 8.47. The molecule has 5 nitrogen and oxygen atoms in total. The van der Waals surface area contributed by atoms with Crippen LogP contribution in [0.1, 0.15) is 43.7 Å². The molecule has 1 N–H and O–H groups in total. The highest BCUT2D eigenvalue weighted by molar-refractivity contribution is 5.92. The lowest BCUT2D eigenvalue weighted by molar-refractivity contribution is -0.121. The second-order valence-electron chi connectivity index (χ2n) is 6.91. The van der Waals surface area contributed by atoms with Gasteiger partial charge in [-0.15, -0.1) is 0 Å². The fraction of sp³-hybridized carbons (Fsp3) is 0.421. The van der Waals surface area contributed by atoms with Crippen LogP contribution >= 0.6 is 0 Å². The number of nitrogens with zero attached hydrogens (tertiary/aromatic N) is 2. The number of hydrogen-bond donors (Lipinski definition) is 1. The van der Waals surface area contributed by atoms with Crippen LogP contribution in [0.2, 0.25) is 0 Å². The maximum absolute atomic E-state index is 12.7. The number of rotatable bonds is 4. The summed E-state index contributed by atoms with van der Waals surface area (Å²) in [6.45, 7) is 2.76. The van der Waals surface area contributed by atoms with Crippen molar-refractivity contribution in [2.45, 2.75) is 37.7 Å². The van der Waals surface area contributed by atoms with Crippen molar-refractivity contribution in [2.75, 3.05) is 11.9 Å². The van der Waals surface area contributed by atoms with Crippen LogP contribution in [0.3, 0.4) is 0 Å². The molecular formula is C19H21N3O2. The third-order valence-electron chi connectivity index (χ3n) is 5.00. The quantitative estimate of drug-likeness (QED) is 0.938. The molecule has 2 aromatic rings. The van der Waals surface area contributed by atoms with E-state index >= 15 is 0 Å². The van der Waals surface area contributed by atoms with E-state index < -0.39 is 0 Å². The Morgan fingerprint density at radius 2 is 2.04 bits per heavy atom. The molecule has 2 aliphatic rings. The number of nitrogens with one attached hydrogen (secondary N) is 1. The highest BCUT2D eigenvalue weighted by atomic mass is 16.5. The highest BCUT2D eigenvalue weighted by Crippen LogP contribution is 2.46. The van der Waals surface area contributed by atoms with Gasteiger partial charge < -0.3 is 10.1 Å². The molecule has 1 aliphatic heterocycles. The Morgan fingerprint density at radius 3 is 2.79 bits per heavy atom. The lowest BCUT2D eigenvalue weighted by atomic mass is 9.94. The normalized spacial score (nSPS) is 24.5. The third kappa shape index (κ3) is 2.91. The van der Waals surface area contributed by atoms with E-state index in [1.165, 1.54) is 0 Å². The first kappa shape index (κ1) is 15.3. The smallest absolute Gasteiger partial charge is 0.231 e. The number of anilines is 1. The monoisotopic (exact) mass is 323 g/mol. The van der Waals surface area contributed by atoms with Gasteiger partial charge in [-0.05, 0) is 30.9 Å². The van der Waals surface area contributed by atoms with Gasteiger partial charge in [-0.25, -0.2) is 9.97 Å². The first-order valence-corrected chi connectivity index (χ1v) is 8.47. The number of amides is 1. The molecule has 4 rings (SSSR count). The molecule has 1 saturated carbocycles. The summed E-state index contributed by atoms with van der Waals surface area (Å²) in [6.07, 6.45) is 4.48. The maximum atomic E-state index is 12.7. The predicted molar refractivity (Wildman–Crippen MR) is 90.5 cm³/mol. The largest absolute Gasteiger partial charge is 0.373 e. The molecule has 1 aromatic heterocycles. The number of hydrogen-bond acceptors (Lipinski definition) is 4. The molecule has 1 aromatic carbocycles. The van der Waals surface area contributed by atoms with Crippen LogP contribution in [0.15, 0.2) is 42.6 Å². The van der Waals surface area contributed by atoms with Crippen LogP contribution in [0.25, 0.3) is 0 Å². The lowest BCUT2D eigenvalue weighted by Gasteiger charge is -2.18. The number of benzene rings is 1. The molecule has 0 bridgehead atoms. The van der Waals surface area contributed by atoms with E-state index in [0.29, 0.717) is 12.4 Å². The zero-order valence-corrected chi connectivity index (χ0v) is 13.7. The fourth-order valence-corrected chi connectivity index (χ4v) is 3.18. The second kappa shape index (κ2) is 5.98. The Labute approximate surface area is 141 Å². The van der Waals surface area contributed by atoms with E-state index in [0.717, 1.165) is 30.7 Å². The molecule has 0 unspecified atom stereocenters. The molecule has 2 atom stereocenters. The van der Waals surface area contributed by atoms with Gasteiger partial charge in [0, 0.05) is 18.2 Å². The summed E-state index contributed by atoms with van der Waals surface area (Å²) in [4.78, 5) is 21.6. The van der Waals surface area contributed by atoms with Gasteiger partial charge in [0.15, 0.2) is 0 Å². The SMILES string of the molecule is CC1(c2nccc(NC(=O)[C@@H]3CCO[C@H]3c3ccccc3)n2)CC1.